The van der Waals surface area contributed by atoms with Crippen LogP contribution in [0.5, 0.6) is 0 Å². The maximum absolute atomic E-state index is 2.44. The van der Waals surface area contributed by atoms with Gasteiger partial charge in [0.25, 0.3) is 0 Å². The Bertz CT molecular complexity index is 4040. The smallest absolute Gasteiger partial charge is 0.0620 e. The first-order valence-corrected chi connectivity index (χ1v) is 21.8. The largest absolute Gasteiger partial charge is 0.309 e. The molecule has 0 aliphatic heterocycles. The van der Waals surface area contributed by atoms with Crippen LogP contribution in [0.15, 0.2) is 224 Å². The van der Waals surface area contributed by atoms with Crippen LogP contribution in [-0.2, 0) is 0 Å². The molecule has 0 unspecified atom stereocenters. The Morgan fingerprint density at radius 3 is 1.11 bits per heavy atom. The molecule has 63 heavy (non-hydrogen) atoms. The summed E-state index contributed by atoms with van der Waals surface area (Å²) in [6.45, 7) is 0. The van der Waals surface area contributed by atoms with Gasteiger partial charge in [-0.2, -0.15) is 0 Å². The normalized spacial score (nSPS) is 12.1. The molecule has 0 saturated carbocycles. The van der Waals surface area contributed by atoms with Crippen molar-refractivity contribution < 1.29 is 0 Å². The number of benzene rings is 10. The van der Waals surface area contributed by atoms with Crippen LogP contribution < -0.4 is 0 Å². The maximum atomic E-state index is 2.44. The van der Waals surface area contributed by atoms with Gasteiger partial charge in [0.1, 0.15) is 0 Å². The predicted molar refractivity (Wildman–Crippen MR) is 266 cm³/mol. The van der Waals surface area contributed by atoms with Crippen molar-refractivity contribution in [3.8, 4) is 44.8 Å². The van der Waals surface area contributed by atoms with E-state index in [0.717, 1.165) is 5.69 Å². The summed E-state index contributed by atoms with van der Waals surface area (Å²) in [5, 5.41) is 10.2. The minimum atomic E-state index is 1.15. The van der Waals surface area contributed by atoms with E-state index in [-0.39, 0.29) is 0 Å². The lowest BCUT2D eigenvalue weighted by Crippen LogP contribution is -1.93. The van der Waals surface area contributed by atoms with Crippen LogP contribution in [0.25, 0.3) is 126 Å². The van der Waals surface area contributed by atoms with Crippen molar-refractivity contribution in [3.63, 3.8) is 0 Å². The topological polar surface area (TPSA) is 14.3 Å². The van der Waals surface area contributed by atoms with Gasteiger partial charge in [-0.25, -0.2) is 0 Å². The van der Waals surface area contributed by atoms with E-state index in [1.165, 1.54) is 121 Å². The summed E-state index contributed by atoms with van der Waals surface area (Å²) >= 11 is 0. The molecule has 0 radical (unpaired) electrons. The Kier molecular flexibility index (Phi) is 7.11. The van der Waals surface area contributed by atoms with Crippen LogP contribution in [0.4, 0.5) is 0 Å². The zero-order chi connectivity index (χ0) is 41.2. The highest BCUT2D eigenvalue weighted by atomic mass is 15.0. The van der Waals surface area contributed by atoms with Crippen molar-refractivity contribution in [1.82, 2.24) is 13.5 Å². The van der Waals surface area contributed by atoms with E-state index in [1.807, 2.05) is 0 Å². The highest BCUT2D eigenvalue weighted by molar-refractivity contribution is 6.24. The Balaban J connectivity index is 0.852. The summed E-state index contributed by atoms with van der Waals surface area (Å²) in [7, 11) is 0. The first-order valence-electron chi connectivity index (χ1n) is 21.8. The number of rotatable bonds is 5. The van der Waals surface area contributed by atoms with Crippen LogP contribution in [0.1, 0.15) is 0 Å². The second kappa shape index (κ2) is 13.1. The summed E-state index contributed by atoms with van der Waals surface area (Å²) in [5.41, 5.74) is 18.2. The van der Waals surface area contributed by atoms with E-state index in [0.29, 0.717) is 0 Å². The van der Waals surface area contributed by atoms with Crippen LogP contribution in [0, 0.1) is 0 Å². The van der Waals surface area contributed by atoms with Crippen molar-refractivity contribution in [1.29, 1.82) is 0 Å². The van der Waals surface area contributed by atoms with Gasteiger partial charge in [-0.15, -0.1) is 0 Å². The molecule has 292 valence electrons. The average molecular weight is 800 g/mol. The Morgan fingerprint density at radius 1 is 0.206 bits per heavy atom. The van der Waals surface area contributed by atoms with Crippen molar-refractivity contribution in [2.45, 2.75) is 0 Å². The zero-order valence-electron chi connectivity index (χ0n) is 34.2. The second-order valence-corrected chi connectivity index (χ2v) is 16.9. The van der Waals surface area contributed by atoms with Crippen LogP contribution in [-0.4, -0.2) is 13.5 Å². The van der Waals surface area contributed by atoms with E-state index in [9.17, 15) is 0 Å². The van der Waals surface area contributed by atoms with Gasteiger partial charge in [-0.05, 0) is 124 Å². The molecular formula is C60H37N3. The van der Waals surface area contributed by atoms with Crippen molar-refractivity contribution >= 4 is 81.7 Å². The van der Waals surface area contributed by atoms with Gasteiger partial charge in [0.2, 0.25) is 0 Å². The summed E-state index contributed by atoms with van der Waals surface area (Å²) in [4.78, 5) is 0. The molecule has 14 aromatic rings. The number of hydrogen-bond acceptors (Lipinski definition) is 0. The fourth-order valence-corrected chi connectivity index (χ4v) is 10.7. The summed E-state index contributed by atoms with van der Waals surface area (Å²) in [6.07, 6.45) is 0. The van der Waals surface area contributed by atoms with E-state index in [1.54, 1.807) is 0 Å². The fraction of sp³-hybridized carbons (Fsp3) is 0. The lowest BCUT2D eigenvalue weighted by atomic mass is 9.97. The molecule has 0 aliphatic carbocycles. The number of nitrogens with zero attached hydrogens (tertiary/aromatic N) is 3. The average Bonchev–Trinajstić information content (AvgIpc) is 4.08. The summed E-state index contributed by atoms with van der Waals surface area (Å²) in [5.74, 6) is 0. The quantitative estimate of drug-likeness (QED) is 0.165. The van der Waals surface area contributed by atoms with Gasteiger partial charge in [0, 0.05) is 54.5 Å². The van der Waals surface area contributed by atoms with E-state index in [2.05, 4.69) is 238 Å². The number of hydrogen-bond donors (Lipinski definition) is 0. The van der Waals surface area contributed by atoms with Gasteiger partial charge < -0.3 is 13.5 Å². The minimum Gasteiger partial charge on any atom is -0.309 e. The molecule has 3 heteroatoms. The predicted octanol–water partition coefficient (Wildman–Crippen LogP) is 16.0. The first kappa shape index (κ1) is 34.3. The van der Waals surface area contributed by atoms with Crippen molar-refractivity contribution in [3.05, 3.63) is 224 Å². The van der Waals surface area contributed by atoms with Gasteiger partial charge in [0.15, 0.2) is 0 Å². The van der Waals surface area contributed by atoms with Crippen LogP contribution >= 0.6 is 0 Å². The lowest BCUT2D eigenvalue weighted by molar-refractivity contribution is 1.18. The monoisotopic (exact) mass is 799 g/mol. The van der Waals surface area contributed by atoms with Crippen LogP contribution in [0.3, 0.4) is 0 Å². The van der Waals surface area contributed by atoms with Crippen molar-refractivity contribution in [2.75, 3.05) is 0 Å². The van der Waals surface area contributed by atoms with Gasteiger partial charge in [-0.3, -0.25) is 0 Å². The third-order valence-electron chi connectivity index (χ3n) is 13.6. The fourth-order valence-electron chi connectivity index (χ4n) is 10.7. The van der Waals surface area contributed by atoms with Gasteiger partial charge in [-0.1, -0.05) is 133 Å². The molecule has 4 heterocycles. The highest BCUT2D eigenvalue weighted by Gasteiger charge is 2.20. The standard InChI is InChI=1S/C60H37N3/c1-2-15-44(16-3-1)61-54-21-8-4-17-46(54)50-34-41(27-31-58(50)61)39-13-12-14-40(33-39)42-28-32-59-51(35-42)47-18-5-9-22-55(47)62(59)45-29-25-38(26-30-45)43-36-52-48-19-6-10-23-56(48)63-57-24-11-7-20-49(57)53(37-43)60(52)63/h1-37H. The second-order valence-electron chi connectivity index (χ2n) is 16.9. The molecular weight excluding hydrogens is 763 g/mol. The van der Waals surface area contributed by atoms with Gasteiger partial charge >= 0.3 is 0 Å². The molecule has 3 nitrogen and oxygen atoms in total. The molecule has 0 atom stereocenters. The Hall–Kier alpha value is -8.40. The van der Waals surface area contributed by atoms with E-state index < -0.39 is 0 Å². The SMILES string of the molecule is c1ccc(-n2c3ccccc3c3cc(-c4cccc(-c5ccc6c(c5)c5ccccc5n6-c5ccc(-c6cc7c8ccccc8n8c9ccccc9c(c6)c78)cc5)c4)ccc32)cc1. The Morgan fingerprint density at radius 2 is 0.587 bits per heavy atom. The molecule has 0 spiro atoms. The molecule has 0 bridgehead atoms. The van der Waals surface area contributed by atoms with Gasteiger partial charge in [0.05, 0.1) is 38.6 Å². The van der Waals surface area contributed by atoms with E-state index >= 15 is 0 Å². The molecule has 0 saturated heterocycles. The first-order chi connectivity index (χ1) is 31.2. The molecule has 0 fully saturated rings. The molecule has 14 rings (SSSR count). The number of fused-ring (bicyclic) bond motifs is 12. The minimum absolute atomic E-state index is 1.15. The molecule has 0 N–H and O–H groups in total. The summed E-state index contributed by atoms with van der Waals surface area (Å²) in [6, 6.07) is 82.6. The summed E-state index contributed by atoms with van der Waals surface area (Å²) < 4.78 is 7.24. The maximum Gasteiger partial charge on any atom is 0.0620 e. The third-order valence-corrected chi connectivity index (χ3v) is 13.6. The lowest BCUT2D eigenvalue weighted by Gasteiger charge is -2.11. The van der Waals surface area contributed by atoms with Crippen LogP contribution in [0.2, 0.25) is 0 Å². The highest BCUT2D eigenvalue weighted by Crippen LogP contribution is 2.43. The Labute approximate surface area is 362 Å². The zero-order valence-corrected chi connectivity index (χ0v) is 34.2. The number of aromatic nitrogens is 3. The molecule has 0 amide bonds. The molecule has 10 aromatic carbocycles. The van der Waals surface area contributed by atoms with Crippen molar-refractivity contribution in [2.24, 2.45) is 0 Å². The molecule has 0 aliphatic rings. The number of para-hydroxylation sites is 5. The molecule has 4 aromatic heterocycles. The third kappa shape index (κ3) is 4.96. The van der Waals surface area contributed by atoms with E-state index in [4.69, 9.17) is 0 Å².